The zero-order chi connectivity index (χ0) is 62.4. The Morgan fingerprint density at radius 2 is 0.640 bits per heavy atom. The molecule has 0 aliphatic heterocycles. The van der Waals surface area contributed by atoms with Gasteiger partial charge in [-0.15, -0.1) is 0 Å². The highest BCUT2D eigenvalue weighted by atomic mass is 16.5. The fourth-order valence-corrected chi connectivity index (χ4v) is 10.8. The van der Waals surface area contributed by atoms with Gasteiger partial charge >= 0.3 is 0 Å². The Labute approximate surface area is 531 Å². The van der Waals surface area contributed by atoms with Crippen LogP contribution in [0.3, 0.4) is 0 Å². The van der Waals surface area contributed by atoms with E-state index in [4.69, 9.17) is 32.4 Å². The predicted octanol–water partition coefficient (Wildman–Crippen LogP) is 10.8. The normalized spacial score (nSPS) is 12.7. The molecule has 16 nitrogen and oxygen atoms in total. The number of nitrogens with zero attached hydrogens (tertiary/aromatic N) is 2. The van der Waals surface area contributed by atoms with Gasteiger partial charge in [0.25, 0.3) is 0 Å². The molecule has 0 heterocycles. The SMILES string of the molecule is CCCCCCCC/C=C\CCCCCCCCN(CCCNC(=O)C(CCCNCCCN)NCCCN)CCOCCOCCN(CCCCCCCC/C=C\CCCCCCCC)CCCNC(=O)C(CCCNCCCN)NCCCN. The lowest BCUT2D eigenvalue weighted by molar-refractivity contribution is -0.124. The van der Waals surface area contributed by atoms with Gasteiger partial charge in [0, 0.05) is 26.2 Å². The van der Waals surface area contributed by atoms with Crippen molar-refractivity contribution < 1.29 is 19.1 Å². The number of amides is 2. The van der Waals surface area contributed by atoms with Crippen LogP contribution in [0, 0.1) is 0 Å². The number of carbonyl (C=O) groups excluding carboxylic acids is 2. The second-order valence-electron chi connectivity index (χ2n) is 24.4. The van der Waals surface area contributed by atoms with E-state index in [0.717, 1.165) is 143 Å². The Balaban J connectivity index is 5.20. The summed E-state index contributed by atoms with van der Waals surface area (Å²) in [5.41, 5.74) is 22.9. The van der Waals surface area contributed by atoms with Crippen LogP contribution >= 0.6 is 0 Å². The summed E-state index contributed by atoms with van der Waals surface area (Å²) in [6.45, 7) is 21.7. The molecule has 0 aromatic heterocycles. The molecular formula is C70H146N12O4. The van der Waals surface area contributed by atoms with Crippen LogP contribution in [-0.4, -0.2) is 178 Å². The highest BCUT2D eigenvalue weighted by Gasteiger charge is 2.19. The molecule has 86 heavy (non-hydrogen) atoms. The quantitative estimate of drug-likeness (QED) is 0.0202. The monoisotopic (exact) mass is 1220 g/mol. The van der Waals surface area contributed by atoms with Gasteiger partial charge in [0.1, 0.15) is 0 Å². The van der Waals surface area contributed by atoms with Crippen molar-refractivity contribution in [3.05, 3.63) is 24.3 Å². The van der Waals surface area contributed by atoms with Crippen LogP contribution in [0.5, 0.6) is 0 Å². The average molecular weight is 1220 g/mol. The number of hydrogen-bond donors (Lipinski definition) is 10. The van der Waals surface area contributed by atoms with Crippen molar-refractivity contribution in [3.63, 3.8) is 0 Å². The third-order valence-corrected chi connectivity index (χ3v) is 16.3. The van der Waals surface area contributed by atoms with Crippen molar-refractivity contribution >= 4 is 11.8 Å². The van der Waals surface area contributed by atoms with Gasteiger partial charge in [0.05, 0.1) is 38.5 Å². The lowest BCUT2D eigenvalue weighted by Gasteiger charge is -2.24. The molecule has 0 aromatic carbocycles. The summed E-state index contributed by atoms with van der Waals surface area (Å²) in [5, 5.41) is 20.3. The zero-order valence-corrected chi connectivity index (χ0v) is 56.7. The molecule has 16 heteroatoms. The molecule has 2 atom stereocenters. The van der Waals surface area contributed by atoms with E-state index < -0.39 is 0 Å². The molecule has 14 N–H and O–H groups in total. The molecule has 0 saturated heterocycles. The molecular weight excluding hydrogens is 1070 g/mol. The fraction of sp³-hybridized carbons (Fsp3) is 0.914. The van der Waals surface area contributed by atoms with Crippen molar-refractivity contribution in [2.24, 2.45) is 22.9 Å². The predicted molar refractivity (Wildman–Crippen MR) is 371 cm³/mol. The van der Waals surface area contributed by atoms with Crippen molar-refractivity contribution in [2.75, 3.05) is 144 Å². The number of unbranched alkanes of at least 4 members (excludes halogenated alkanes) is 24. The molecule has 510 valence electrons. The number of nitrogens with two attached hydrogens (primary N) is 4. The summed E-state index contributed by atoms with van der Waals surface area (Å²) in [6, 6.07) is -0.420. The van der Waals surface area contributed by atoms with Crippen molar-refractivity contribution in [3.8, 4) is 0 Å². The Morgan fingerprint density at radius 1 is 0.337 bits per heavy atom. The molecule has 0 bridgehead atoms. The van der Waals surface area contributed by atoms with Crippen LogP contribution in [0.1, 0.15) is 258 Å². The highest BCUT2D eigenvalue weighted by Crippen LogP contribution is 2.13. The standard InChI is InChI=1S/C70H146N12O4/c1-3-5-7-9-11-13-15-17-19-21-23-25-27-29-31-33-57-81(59-41-55-79-69(83)67(77-53-39-47-73)43-35-49-75-51-37-45-71)61-63-85-65-66-86-64-62-82(58-34-32-30-28-26-24-22-20-18-16-14-12-10-8-6-4-2)60-42-56-80-70(84)68(78-54-40-48-74)44-36-50-76-52-38-46-72/h17-20,67-68,75-78H,3-16,21-66,71-74H2,1-2H3,(H,79,83)(H,80,84)/b19-17-,20-18-. The first-order valence-corrected chi connectivity index (χ1v) is 36.6. The maximum atomic E-state index is 13.4. The van der Waals surface area contributed by atoms with Crippen LogP contribution in [0.25, 0.3) is 0 Å². The van der Waals surface area contributed by atoms with E-state index in [-0.39, 0.29) is 23.9 Å². The molecule has 0 aromatic rings. The zero-order valence-electron chi connectivity index (χ0n) is 56.7. The average Bonchev–Trinajstić information content (AvgIpc) is 3.59. The molecule has 0 rings (SSSR count). The van der Waals surface area contributed by atoms with Crippen LogP contribution < -0.4 is 54.8 Å². The minimum Gasteiger partial charge on any atom is -0.378 e. The van der Waals surface area contributed by atoms with Crippen LogP contribution in [0.15, 0.2) is 24.3 Å². The second kappa shape index (κ2) is 72.0. The maximum Gasteiger partial charge on any atom is 0.237 e. The van der Waals surface area contributed by atoms with Crippen LogP contribution in [0.4, 0.5) is 0 Å². The van der Waals surface area contributed by atoms with Gasteiger partial charge in [-0.05, 0) is 220 Å². The van der Waals surface area contributed by atoms with E-state index in [9.17, 15) is 9.59 Å². The van der Waals surface area contributed by atoms with Crippen molar-refractivity contribution in [2.45, 2.75) is 270 Å². The number of rotatable bonds is 73. The van der Waals surface area contributed by atoms with Gasteiger partial charge in [-0.1, -0.05) is 154 Å². The molecule has 0 fully saturated rings. The summed E-state index contributed by atoms with van der Waals surface area (Å²) < 4.78 is 12.4. The number of ether oxygens (including phenoxy) is 2. The van der Waals surface area contributed by atoms with Gasteiger partial charge in [0.2, 0.25) is 11.8 Å². The van der Waals surface area contributed by atoms with Gasteiger partial charge in [-0.25, -0.2) is 0 Å². The van der Waals surface area contributed by atoms with E-state index >= 15 is 0 Å². The minimum absolute atomic E-state index is 0.0861. The molecule has 2 amide bonds. The number of nitrogens with one attached hydrogen (secondary N) is 6. The van der Waals surface area contributed by atoms with E-state index in [2.05, 4.69) is 79.9 Å². The second-order valence-corrected chi connectivity index (χ2v) is 24.4. The molecule has 0 spiro atoms. The van der Waals surface area contributed by atoms with Gasteiger partial charge in [0.15, 0.2) is 0 Å². The summed E-state index contributed by atoms with van der Waals surface area (Å²) in [4.78, 5) is 31.8. The fourth-order valence-electron chi connectivity index (χ4n) is 10.8. The highest BCUT2D eigenvalue weighted by molar-refractivity contribution is 5.82. The number of allylic oxidation sites excluding steroid dienone is 4. The topological polar surface area (TPSA) is 235 Å². The lowest BCUT2D eigenvalue weighted by atomic mass is 10.1. The maximum absolute atomic E-state index is 13.4. The lowest BCUT2D eigenvalue weighted by Crippen LogP contribution is -2.45. The van der Waals surface area contributed by atoms with Crippen LogP contribution in [-0.2, 0) is 19.1 Å². The minimum atomic E-state index is -0.210. The molecule has 0 aliphatic rings. The largest absolute Gasteiger partial charge is 0.378 e. The van der Waals surface area contributed by atoms with Crippen molar-refractivity contribution in [1.29, 1.82) is 0 Å². The molecule has 0 radical (unpaired) electrons. The smallest absolute Gasteiger partial charge is 0.237 e. The van der Waals surface area contributed by atoms with E-state index in [1.165, 1.54) is 180 Å². The first kappa shape index (κ1) is 83.9. The first-order chi connectivity index (χ1) is 42.5. The van der Waals surface area contributed by atoms with Crippen molar-refractivity contribution in [1.82, 2.24) is 41.7 Å². The van der Waals surface area contributed by atoms with Gasteiger partial charge < -0.3 is 74.1 Å². The first-order valence-electron chi connectivity index (χ1n) is 36.6. The molecule has 2 unspecified atom stereocenters. The number of carbonyl (C=O) groups is 2. The Bertz CT molecular complexity index is 1320. The van der Waals surface area contributed by atoms with E-state index in [1.807, 2.05) is 0 Å². The Hall–Kier alpha value is -2.06. The van der Waals surface area contributed by atoms with Gasteiger partial charge in [-0.3, -0.25) is 9.59 Å². The summed E-state index contributed by atoms with van der Waals surface area (Å²) >= 11 is 0. The summed E-state index contributed by atoms with van der Waals surface area (Å²) in [7, 11) is 0. The number of hydrogen-bond acceptors (Lipinski definition) is 14. The Morgan fingerprint density at radius 3 is 0.988 bits per heavy atom. The molecule has 0 saturated carbocycles. The van der Waals surface area contributed by atoms with Gasteiger partial charge in [-0.2, -0.15) is 0 Å². The summed E-state index contributed by atoms with van der Waals surface area (Å²) in [5.74, 6) is 0.172. The molecule has 0 aliphatic carbocycles. The Kier molecular flexibility index (Phi) is 70.3. The third kappa shape index (κ3) is 62.1. The van der Waals surface area contributed by atoms with Crippen LogP contribution in [0.2, 0.25) is 0 Å². The summed E-state index contributed by atoms with van der Waals surface area (Å²) in [6.07, 6.45) is 55.1. The van der Waals surface area contributed by atoms with E-state index in [0.29, 0.717) is 65.7 Å². The van der Waals surface area contributed by atoms with E-state index in [1.54, 1.807) is 0 Å². The third-order valence-electron chi connectivity index (χ3n) is 16.3.